The van der Waals surface area contributed by atoms with Crippen LogP contribution in [0, 0.1) is 16.7 Å². The van der Waals surface area contributed by atoms with Gasteiger partial charge in [0, 0.05) is 6.42 Å². The van der Waals surface area contributed by atoms with Crippen LogP contribution in [0.1, 0.15) is 91.9 Å². The predicted octanol–water partition coefficient (Wildman–Crippen LogP) is 5.35. The monoisotopic (exact) mass is 376 g/mol. The van der Waals surface area contributed by atoms with Gasteiger partial charge in [-0.3, -0.25) is 9.59 Å². The molecule has 2 fully saturated rings. The van der Waals surface area contributed by atoms with Crippen molar-refractivity contribution in [3.63, 3.8) is 0 Å². The first-order chi connectivity index (χ1) is 12.6. The largest absolute Gasteiger partial charge is 0.469 e. The topological polar surface area (TPSA) is 52.6 Å². The molecule has 4 nitrogen and oxygen atoms in total. The van der Waals surface area contributed by atoms with E-state index in [0.717, 1.165) is 57.8 Å². The summed E-state index contributed by atoms with van der Waals surface area (Å²) >= 11 is 0. The zero-order valence-corrected chi connectivity index (χ0v) is 17.8. The number of allylic oxidation sites excluding steroid dienone is 2. The summed E-state index contributed by atoms with van der Waals surface area (Å²) in [6.07, 6.45) is 9.48. The molecule has 4 heteroatoms. The Morgan fingerprint density at radius 1 is 1.15 bits per heavy atom. The Balaban J connectivity index is 1.84. The minimum Gasteiger partial charge on any atom is -0.469 e. The molecule has 1 aliphatic heterocycles. The van der Waals surface area contributed by atoms with E-state index >= 15 is 0 Å². The van der Waals surface area contributed by atoms with Crippen molar-refractivity contribution in [2.24, 2.45) is 16.7 Å². The fraction of sp³-hybridized carbons (Fsp3) is 0.826. The predicted molar refractivity (Wildman–Crippen MR) is 105 cm³/mol. The summed E-state index contributed by atoms with van der Waals surface area (Å²) in [6, 6.07) is 0. The van der Waals surface area contributed by atoms with Crippen LogP contribution in [-0.4, -0.2) is 24.6 Å². The lowest BCUT2D eigenvalue weighted by atomic mass is 9.49. The maximum absolute atomic E-state index is 12.7. The van der Waals surface area contributed by atoms with Gasteiger partial charge in [-0.15, -0.1) is 0 Å². The number of hydrogen-bond donors (Lipinski definition) is 0. The molecule has 3 rings (SSSR count). The maximum Gasteiger partial charge on any atom is 0.311 e. The third-order valence-electron chi connectivity index (χ3n) is 7.95. The van der Waals surface area contributed by atoms with Gasteiger partial charge in [-0.05, 0) is 83.5 Å². The minimum atomic E-state index is -0.394. The SMILES string of the molecule is COC(=O)[C@@]1(C)CCC[C@]2(C)C(CCC3(C)CCCC(=O)O3)=C(C)CC[C@@H]12. The van der Waals surface area contributed by atoms with E-state index in [-0.39, 0.29) is 23.0 Å². The third kappa shape index (κ3) is 3.56. The van der Waals surface area contributed by atoms with Gasteiger partial charge in [0.1, 0.15) is 5.60 Å². The molecule has 0 radical (unpaired) electrons. The molecule has 0 spiro atoms. The molecule has 0 N–H and O–H groups in total. The van der Waals surface area contributed by atoms with Crippen LogP contribution in [0.3, 0.4) is 0 Å². The summed E-state index contributed by atoms with van der Waals surface area (Å²) in [5, 5.41) is 0. The number of fused-ring (bicyclic) bond motifs is 1. The van der Waals surface area contributed by atoms with Crippen LogP contribution in [0.5, 0.6) is 0 Å². The van der Waals surface area contributed by atoms with Gasteiger partial charge in [-0.2, -0.15) is 0 Å². The van der Waals surface area contributed by atoms with E-state index in [1.165, 1.54) is 18.3 Å². The number of carbonyl (C=O) groups is 2. The molecule has 0 aromatic heterocycles. The summed E-state index contributed by atoms with van der Waals surface area (Å²) in [5.41, 5.74) is 2.30. The maximum atomic E-state index is 12.7. The highest BCUT2D eigenvalue weighted by atomic mass is 16.6. The third-order valence-corrected chi connectivity index (χ3v) is 7.95. The number of methoxy groups -OCH3 is 1. The first kappa shape index (κ1) is 20.4. The second-order valence-electron chi connectivity index (χ2n) is 9.81. The highest BCUT2D eigenvalue weighted by Crippen LogP contribution is 2.61. The fourth-order valence-corrected chi connectivity index (χ4v) is 6.40. The fourth-order valence-electron chi connectivity index (χ4n) is 6.40. The molecule has 4 atom stereocenters. The summed E-state index contributed by atoms with van der Waals surface area (Å²) in [7, 11) is 1.52. The van der Waals surface area contributed by atoms with Crippen LogP contribution in [0.4, 0.5) is 0 Å². The van der Waals surface area contributed by atoms with Gasteiger partial charge >= 0.3 is 11.9 Å². The van der Waals surface area contributed by atoms with Crippen LogP contribution >= 0.6 is 0 Å². The summed E-state index contributed by atoms with van der Waals surface area (Å²) in [5.74, 6) is 0.218. The molecule has 27 heavy (non-hydrogen) atoms. The first-order valence-electron chi connectivity index (χ1n) is 10.6. The lowest BCUT2D eigenvalue weighted by Gasteiger charge is -2.55. The van der Waals surface area contributed by atoms with E-state index in [1.807, 2.05) is 0 Å². The van der Waals surface area contributed by atoms with Gasteiger partial charge in [0.25, 0.3) is 0 Å². The molecule has 2 aliphatic carbocycles. The van der Waals surface area contributed by atoms with E-state index in [2.05, 4.69) is 27.7 Å². The lowest BCUT2D eigenvalue weighted by molar-refractivity contribution is -0.167. The van der Waals surface area contributed by atoms with Crippen molar-refractivity contribution in [1.82, 2.24) is 0 Å². The highest BCUT2D eigenvalue weighted by molar-refractivity contribution is 5.77. The molecule has 1 heterocycles. The minimum absolute atomic E-state index is 0.0402. The number of rotatable bonds is 4. The van der Waals surface area contributed by atoms with Crippen molar-refractivity contribution in [2.75, 3.05) is 7.11 Å². The summed E-state index contributed by atoms with van der Waals surface area (Å²) in [4.78, 5) is 24.5. The quantitative estimate of drug-likeness (QED) is 0.490. The summed E-state index contributed by atoms with van der Waals surface area (Å²) < 4.78 is 10.9. The van der Waals surface area contributed by atoms with E-state index < -0.39 is 5.41 Å². The van der Waals surface area contributed by atoms with E-state index in [0.29, 0.717) is 12.3 Å². The van der Waals surface area contributed by atoms with E-state index in [1.54, 1.807) is 0 Å². The smallest absolute Gasteiger partial charge is 0.311 e. The Morgan fingerprint density at radius 2 is 1.89 bits per heavy atom. The van der Waals surface area contributed by atoms with Crippen molar-refractivity contribution < 1.29 is 19.1 Å². The molecule has 1 saturated carbocycles. The van der Waals surface area contributed by atoms with Crippen molar-refractivity contribution in [3.8, 4) is 0 Å². The van der Waals surface area contributed by atoms with Crippen molar-refractivity contribution in [2.45, 2.75) is 97.5 Å². The van der Waals surface area contributed by atoms with Crippen LogP contribution in [-0.2, 0) is 19.1 Å². The number of esters is 2. The normalized spacial score (nSPS) is 39.6. The highest BCUT2D eigenvalue weighted by Gasteiger charge is 2.55. The van der Waals surface area contributed by atoms with Gasteiger partial charge in [-0.1, -0.05) is 24.5 Å². The van der Waals surface area contributed by atoms with Crippen molar-refractivity contribution in [3.05, 3.63) is 11.1 Å². The van der Waals surface area contributed by atoms with Crippen molar-refractivity contribution in [1.29, 1.82) is 0 Å². The van der Waals surface area contributed by atoms with Crippen LogP contribution < -0.4 is 0 Å². The molecule has 3 aliphatic rings. The first-order valence-corrected chi connectivity index (χ1v) is 10.6. The van der Waals surface area contributed by atoms with Crippen LogP contribution in [0.25, 0.3) is 0 Å². The molecule has 0 aromatic carbocycles. The van der Waals surface area contributed by atoms with Gasteiger partial charge in [0.05, 0.1) is 12.5 Å². The Hall–Kier alpha value is -1.32. The molecule has 0 aromatic rings. The second-order valence-corrected chi connectivity index (χ2v) is 9.81. The van der Waals surface area contributed by atoms with Crippen molar-refractivity contribution >= 4 is 11.9 Å². The van der Waals surface area contributed by atoms with Crippen LogP contribution in [0.2, 0.25) is 0 Å². The summed E-state index contributed by atoms with van der Waals surface area (Å²) in [6.45, 7) is 8.83. The molecular formula is C23H36O4. The second kappa shape index (κ2) is 7.25. The Morgan fingerprint density at radius 3 is 2.56 bits per heavy atom. The Labute approximate surface area is 164 Å². The number of cyclic esters (lactones) is 1. The number of carbonyl (C=O) groups excluding carboxylic acids is 2. The zero-order valence-electron chi connectivity index (χ0n) is 17.8. The van der Waals surface area contributed by atoms with Crippen LogP contribution in [0.15, 0.2) is 11.1 Å². The molecule has 0 bridgehead atoms. The zero-order chi connectivity index (χ0) is 19.9. The van der Waals surface area contributed by atoms with Gasteiger partial charge in [-0.25, -0.2) is 0 Å². The van der Waals surface area contributed by atoms with E-state index in [4.69, 9.17) is 9.47 Å². The van der Waals surface area contributed by atoms with Gasteiger partial charge < -0.3 is 9.47 Å². The van der Waals surface area contributed by atoms with Gasteiger partial charge in [0.15, 0.2) is 0 Å². The lowest BCUT2D eigenvalue weighted by Crippen LogP contribution is -2.51. The molecule has 152 valence electrons. The average Bonchev–Trinajstić information content (AvgIpc) is 2.59. The molecular weight excluding hydrogens is 340 g/mol. The van der Waals surface area contributed by atoms with E-state index in [9.17, 15) is 9.59 Å². The Kier molecular flexibility index (Phi) is 5.48. The number of ether oxygens (including phenoxy) is 2. The molecule has 1 saturated heterocycles. The van der Waals surface area contributed by atoms with Gasteiger partial charge in [0.2, 0.25) is 0 Å². The molecule has 0 amide bonds. The average molecular weight is 377 g/mol. The Bertz CT molecular complexity index is 651. The number of hydrogen-bond acceptors (Lipinski definition) is 4. The standard InChI is InChI=1S/C23H36O4/c1-16-9-10-18-22(3,13-7-14-23(18,4)20(25)26-5)17(16)11-15-21(2)12-6-8-19(24)27-21/h18H,6-15H2,1-5H3/t18-,21?,22-,23+/m1/s1. The molecule has 1 unspecified atom stereocenters.